The standard InChI is InChI=1S/C13H21N3/c1-3-4-5-6-7-8-13(14-2)12-9-10-15-16-11-12/h3,9-11,13-14H,1,4-8H2,2H3. The van der Waals surface area contributed by atoms with Crippen LogP contribution in [0.3, 0.4) is 0 Å². The molecule has 3 nitrogen and oxygen atoms in total. The van der Waals surface area contributed by atoms with E-state index in [1.54, 1.807) is 6.20 Å². The molecule has 0 aliphatic heterocycles. The van der Waals surface area contributed by atoms with Crippen LogP contribution in [0.25, 0.3) is 0 Å². The quantitative estimate of drug-likeness (QED) is 0.539. The molecular formula is C13H21N3. The zero-order valence-electron chi connectivity index (χ0n) is 10.0. The Labute approximate surface area is 98.0 Å². The van der Waals surface area contributed by atoms with Gasteiger partial charge < -0.3 is 5.32 Å². The first kappa shape index (κ1) is 12.8. The number of hydrogen-bond acceptors (Lipinski definition) is 3. The molecule has 1 aromatic heterocycles. The summed E-state index contributed by atoms with van der Waals surface area (Å²) in [7, 11) is 1.99. The van der Waals surface area contributed by atoms with Gasteiger partial charge in [0.1, 0.15) is 0 Å². The molecule has 0 spiro atoms. The van der Waals surface area contributed by atoms with Crippen molar-refractivity contribution in [2.75, 3.05) is 7.05 Å². The van der Waals surface area contributed by atoms with Crippen LogP contribution >= 0.6 is 0 Å². The summed E-state index contributed by atoms with van der Waals surface area (Å²) in [5.74, 6) is 0. The minimum atomic E-state index is 0.402. The zero-order chi connectivity index (χ0) is 11.6. The lowest BCUT2D eigenvalue weighted by atomic mass is 10.0. The van der Waals surface area contributed by atoms with Crippen LogP contribution in [0.2, 0.25) is 0 Å². The third kappa shape index (κ3) is 4.53. The Hall–Kier alpha value is -1.22. The van der Waals surface area contributed by atoms with Crippen molar-refractivity contribution in [2.24, 2.45) is 0 Å². The van der Waals surface area contributed by atoms with Crippen LogP contribution in [-0.4, -0.2) is 17.2 Å². The van der Waals surface area contributed by atoms with Crippen molar-refractivity contribution < 1.29 is 0 Å². The zero-order valence-corrected chi connectivity index (χ0v) is 10.0. The Kier molecular flexibility index (Phi) is 6.42. The topological polar surface area (TPSA) is 37.8 Å². The lowest BCUT2D eigenvalue weighted by Gasteiger charge is -2.15. The van der Waals surface area contributed by atoms with E-state index in [0.717, 1.165) is 12.8 Å². The summed E-state index contributed by atoms with van der Waals surface area (Å²) in [5, 5.41) is 11.0. The number of allylic oxidation sites excluding steroid dienone is 1. The summed E-state index contributed by atoms with van der Waals surface area (Å²) in [6.45, 7) is 3.73. The predicted octanol–water partition coefficient (Wildman–Crippen LogP) is 2.87. The number of hydrogen-bond donors (Lipinski definition) is 1. The summed E-state index contributed by atoms with van der Waals surface area (Å²) >= 11 is 0. The van der Waals surface area contributed by atoms with Crippen LogP contribution < -0.4 is 5.32 Å². The van der Waals surface area contributed by atoms with E-state index in [0.29, 0.717) is 6.04 Å². The second-order valence-electron chi connectivity index (χ2n) is 3.94. The summed E-state index contributed by atoms with van der Waals surface area (Å²) in [6, 6.07) is 2.43. The van der Waals surface area contributed by atoms with Gasteiger partial charge >= 0.3 is 0 Å². The van der Waals surface area contributed by atoms with Gasteiger partial charge in [0.25, 0.3) is 0 Å². The Bertz CT molecular complexity index is 284. The van der Waals surface area contributed by atoms with Gasteiger partial charge in [-0.2, -0.15) is 10.2 Å². The van der Waals surface area contributed by atoms with Gasteiger partial charge in [0.2, 0.25) is 0 Å². The fourth-order valence-electron chi connectivity index (χ4n) is 1.80. The summed E-state index contributed by atoms with van der Waals surface area (Å²) in [4.78, 5) is 0. The molecule has 3 heteroatoms. The Balaban J connectivity index is 2.30. The van der Waals surface area contributed by atoms with E-state index in [9.17, 15) is 0 Å². The molecule has 0 aromatic carbocycles. The smallest absolute Gasteiger partial charge is 0.0544 e. The highest BCUT2D eigenvalue weighted by molar-refractivity contribution is 5.10. The molecule has 1 unspecified atom stereocenters. The van der Waals surface area contributed by atoms with E-state index < -0.39 is 0 Å². The molecule has 0 fully saturated rings. The Morgan fingerprint density at radius 1 is 1.38 bits per heavy atom. The lowest BCUT2D eigenvalue weighted by molar-refractivity contribution is 0.506. The predicted molar refractivity (Wildman–Crippen MR) is 67.1 cm³/mol. The first-order valence-corrected chi connectivity index (χ1v) is 5.93. The second kappa shape index (κ2) is 7.99. The molecule has 1 heterocycles. The molecule has 0 bridgehead atoms. The van der Waals surface area contributed by atoms with Gasteiger partial charge in [-0.3, -0.25) is 0 Å². The number of nitrogens with one attached hydrogen (secondary N) is 1. The molecule has 0 saturated heterocycles. The third-order valence-electron chi connectivity index (χ3n) is 2.76. The molecule has 0 amide bonds. The fraction of sp³-hybridized carbons (Fsp3) is 0.538. The van der Waals surface area contributed by atoms with Crippen LogP contribution in [0.4, 0.5) is 0 Å². The van der Waals surface area contributed by atoms with Crippen molar-refractivity contribution in [3.05, 3.63) is 36.7 Å². The van der Waals surface area contributed by atoms with Crippen LogP contribution in [0.15, 0.2) is 31.1 Å². The van der Waals surface area contributed by atoms with E-state index in [4.69, 9.17) is 0 Å². The SMILES string of the molecule is C=CCCCCCC(NC)c1ccnnc1. The Morgan fingerprint density at radius 2 is 2.25 bits per heavy atom. The summed E-state index contributed by atoms with van der Waals surface area (Å²) in [6.07, 6.45) is 11.6. The Morgan fingerprint density at radius 3 is 2.88 bits per heavy atom. The number of nitrogens with zero attached hydrogens (tertiary/aromatic N) is 2. The van der Waals surface area contributed by atoms with Crippen LogP contribution in [0.5, 0.6) is 0 Å². The molecule has 1 aromatic rings. The number of unbranched alkanes of at least 4 members (excludes halogenated alkanes) is 3. The normalized spacial score (nSPS) is 12.3. The highest BCUT2D eigenvalue weighted by Crippen LogP contribution is 2.18. The van der Waals surface area contributed by atoms with Crippen molar-refractivity contribution in [3.8, 4) is 0 Å². The van der Waals surface area contributed by atoms with E-state index >= 15 is 0 Å². The molecule has 0 aliphatic carbocycles. The minimum absolute atomic E-state index is 0.402. The van der Waals surface area contributed by atoms with E-state index in [2.05, 4.69) is 22.1 Å². The second-order valence-corrected chi connectivity index (χ2v) is 3.94. The molecule has 16 heavy (non-hydrogen) atoms. The van der Waals surface area contributed by atoms with Crippen molar-refractivity contribution in [1.82, 2.24) is 15.5 Å². The first-order chi connectivity index (χ1) is 7.88. The van der Waals surface area contributed by atoms with Gasteiger partial charge in [0.05, 0.1) is 6.20 Å². The summed E-state index contributed by atoms with van der Waals surface area (Å²) < 4.78 is 0. The van der Waals surface area contributed by atoms with Gasteiger partial charge in [-0.25, -0.2) is 0 Å². The molecule has 0 aliphatic rings. The molecule has 1 rings (SSSR count). The molecular weight excluding hydrogens is 198 g/mol. The average Bonchev–Trinajstić information content (AvgIpc) is 2.35. The average molecular weight is 219 g/mol. The van der Waals surface area contributed by atoms with E-state index in [1.165, 1.54) is 24.8 Å². The van der Waals surface area contributed by atoms with E-state index in [-0.39, 0.29) is 0 Å². The summed E-state index contributed by atoms with van der Waals surface area (Å²) in [5.41, 5.74) is 1.22. The minimum Gasteiger partial charge on any atom is -0.313 e. The van der Waals surface area contributed by atoms with Crippen LogP contribution in [0, 0.1) is 0 Å². The van der Waals surface area contributed by atoms with Crippen LogP contribution in [0.1, 0.15) is 43.7 Å². The van der Waals surface area contributed by atoms with Gasteiger partial charge in [-0.1, -0.05) is 18.9 Å². The number of aromatic nitrogens is 2. The van der Waals surface area contributed by atoms with Gasteiger partial charge in [-0.15, -0.1) is 6.58 Å². The van der Waals surface area contributed by atoms with Gasteiger partial charge in [0.15, 0.2) is 0 Å². The van der Waals surface area contributed by atoms with Crippen molar-refractivity contribution in [2.45, 2.75) is 38.1 Å². The molecule has 1 N–H and O–H groups in total. The maximum atomic E-state index is 3.91. The van der Waals surface area contributed by atoms with Crippen molar-refractivity contribution >= 4 is 0 Å². The monoisotopic (exact) mass is 219 g/mol. The molecule has 0 saturated carbocycles. The van der Waals surface area contributed by atoms with Crippen molar-refractivity contribution in [1.29, 1.82) is 0 Å². The lowest BCUT2D eigenvalue weighted by Crippen LogP contribution is -2.16. The van der Waals surface area contributed by atoms with E-state index in [1.807, 2.05) is 25.4 Å². The van der Waals surface area contributed by atoms with Gasteiger partial charge in [0, 0.05) is 12.2 Å². The fourth-order valence-corrected chi connectivity index (χ4v) is 1.80. The molecule has 88 valence electrons. The maximum Gasteiger partial charge on any atom is 0.0544 e. The maximum absolute atomic E-state index is 3.91. The first-order valence-electron chi connectivity index (χ1n) is 5.93. The van der Waals surface area contributed by atoms with Gasteiger partial charge in [-0.05, 0) is 37.9 Å². The highest BCUT2D eigenvalue weighted by atomic mass is 15.1. The van der Waals surface area contributed by atoms with Crippen molar-refractivity contribution in [3.63, 3.8) is 0 Å². The number of rotatable bonds is 8. The van der Waals surface area contributed by atoms with Crippen LogP contribution in [-0.2, 0) is 0 Å². The third-order valence-corrected chi connectivity index (χ3v) is 2.76. The largest absolute Gasteiger partial charge is 0.313 e. The molecule has 1 atom stereocenters. The molecule has 0 radical (unpaired) electrons. The highest BCUT2D eigenvalue weighted by Gasteiger charge is 2.08.